The van der Waals surface area contributed by atoms with Gasteiger partial charge in [0.25, 0.3) is 5.91 Å². The minimum Gasteiger partial charge on any atom is -0.487 e. The van der Waals surface area contributed by atoms with E-state index in [1.807, 2.05) is 37.3 Å². The number of aryl methyl sites for hydroxylation is 1. The molecule has 1 amide bonds. The number of hydrogen-bond acceptors (Lipinski definition) is 4. The zero-order valence-corrected chi connectivity index (χ0v) is 20.6. The maximum Gasteiger partial charge on any atom is 0.335 e. The van der Waals surface area contributed by atoms with Crippen LogP contribution in [-0.2, 0) is 11.4 Å². The maximum absolute atomic E-state index is 12.6. The first kappa shape index (κ1) is 24.2. The van der Waals surface area contributed by atoms with Crippen LogP contribution in [0.5, 0.6) is 5.75 Å². The van der Waals surface area contributed by atoms with Crippen LogP contribution in [0.4, 0.5) is 5.69 Å². The summed E-state index contributed by atoms with van der Waals surface area (Å²) >= 11 is 6.97. The number of benzene rings is 3. The summed E-state index contributed by atoms with van der Waals surface area (Å²) in [5.41, 5.74) is 2.97. The smallest absolute Gasteiger partial charge is 0.335 e. The number of hydrogen-bond donors (Lipinski definition) is 2. The number of carboxylic acid groups (broad SMARTS) is 1. The van der Waals surface area contributed by atoms with Crippen molar-refractivity contribution in [1.82, 2.24) is 0 Å². The topological polar surface area (TPSA) is 99.4 Å². The largest absolute Gasteiger partial charge is 0.487 e. The predicted molar refractivity (Wildman–Crippen MR) is 133 cm³/mol. The van der Waals surface area contributed by atoms with E-state index in [2.05, 4.69) is 37.2 Å². The average molecular weight is 570 g/mol. The van der Waals surface area contributed by atoms with Gasteiger partial charge >= 0.3 is 5.97 Å². The van der Waals surface area contributed by atoms with Gasteiger partial charge in [0.15, 0.2) is 0 Å². The van der Waals surface area contributed by atoms with E-state index in [1.54, 1.807) is 18.2 Å². The fourth-order valence-corrected chi connectivity index (χ4v) is 4.33. The van der Waals surface area contributed by atoms with Crippen LogP contribution in [0.3, 0.4) is 0 Å². The van der Waals surface area contributed by atoms with E-state index in [9.17, 15) is 14.9 Å². The number of amides is 1. The van der Waals surface area contributed by atoms with Gasteiger partial charge in [0, 0.05) is 5.69 Å². The van der Waals surface area contributed by atoms with E-state index in [1.165, 1.54) is 29.8 Å². The molecule has 0 aliphatic rings. The van der Waals surface area contributed by atoms with Crippen molar-refractivity contribution < 1.29 is 19.4 Å². The Morgan fingerprint density at radius 1 is 1.09 bits per heavy atom. The van der Waals surface area contributed by atoms with Crippen molar-refractivity contribution in [3.05, 3.63) is 97.4 Å². The number of ether oxygens (including phenoxy) is 1. The fraction of sp³-hybridized carbons (Fsp3) is 0.0800. The number of carbonyl (C=O) groups is 2. The minimum atomic E-state index is -1.11. The van der Waals surface area contributed by atoms with Crippen LogP contribution in [0.15, 0.2) is 75.2 Å². The molecule has 6 nitrogen and oxygen atoms in total. The lowest BCUT2D eigenvalue weighted by molar-refractivity contribution is -0.112. The normalized spacial score (nSPS) is 10.9. The number of carboxylic acids is 1. The summed E-state index contributed by atoms with van der Waals surface area (Å²) in [6, 6.07) is 19.2. The molecule has 0 aliphatic carbocycles. The van der Waals surface area contributed by atoms with Crippen LogP contribution in [0.25, 0.3) is 6.08 Å². The lowest BCUT2D eigenvalue weighted by atomic mass is 10.1. The third kappa shape index (κ3) is 6.54. The monoisotopic (exact) mass is 568 g/mol. The fourth-order valence-electron chi connectivity index (χ4n) is 2.88. The summed E-state index contributed by atoms with van der Waals surface area (Å²) in [5.74, 6) is -1.16. The van der Waals surface area contributed by atoms with Gasteiger partial charge in [0.05, 0.1) is 14.5 Å². The number of carbonyl (C=O) groups excluding carboxylic acids is 1. The molecule has 0 heterocycles. The molecule has 0 radical (unpaired) electrons. The molecule has 3 aromatic carbocycles. The van der Waals surface area contributed by atoms with Crippen LogP contribution in [0, 0.1) is 18.3 Å². The van der Waals surface area contributed by atoms with E-state index in [0.29, 0.717) is 26.9 Å². The van der Waals surface area contributed by atoms with Crippen molar-refractivity contribution in [2.24, 2.45) is 0 Å². The Kier molecular flexibility index (Phi) is 8.04. The minimum absolute atomic E-state index is 0.0318. The first-order chi connectivity index (χ1) is 15.8. The molecular weight excluding hydrogens is 552 g/mol. The third-order valence-corrected chi connectivity index (χ3v) is 5.75. The highest BCUT2D eigenvalue weighted by atomic mass is 79.9. The van der Waals surface area contributed by atoms with Gasteiger partial charge in [0.2, 0.25) is 0 Å². The average Bonchev–Trinajstić information content (AvgIpc) is 2.78. The van der Waals surface area contributed by atoms with Gasteiger partial charge in [-0.1, -0.05) is 35.9 Å². The highest BCUT2D eigenvalue weighted by molar-refractivity contribution is 9.11. The van der Waals surface area contributed by atoms with Gasteiger partial charge in [-0.15, -0.1) is 0 Å². The number of rotatable bonds is 7. The molecule has 0 fully saturated rings. The van der Waals surface area contributed by atoms with Crippen molar-refractivity contribution in [2.45, 2.75) is 13.5 Å². The van der Waals surface area contributed by atoms with Gasteiger partial charge < -0.3 is 15.2 Å². The van der Waals surface area contributed by atoms with Crippen LogP contribution in [0.2, 0.25) is 0 Å². The third-order valence-electron chi connectivity index (χ3n) is 4.57. The second-order valence-corrected chi connectivity index (χ2v) is 8.81. The second kappa shape index (κ2) is 10.9. The molecule has 0 unspecified atom stereocenters. The Balaban J connectivity index is 1.77. The number of aromatic carboxylic acids is 1. The molecule has 0 bridgehead atoms. The maximum atomic E-state index is 12.6. The zero-order valence-electron chi connectivity index (χ0n) is 17.4. The second-order valence-electron chi connectivity index (χ2n) is 7.10. The Bertz CT molecular complexity index is 1260. The first-order valence-corrected chi connectivity index (χ1v) is 11.3. The van der Waals surface area contributed by atoms with Crippen molar-refractivity contribution in [3.63, 3.8) is 0 Å². The lowest BCUT2D eigenvalue weighted by Crippen LogP contribution is -2.14. The quantitative estimate of drug-likeness (QED) is 0.255. The highest BCUT2D eigenvalue weighted by Gasteiger charge is 2.14. The molecular formula is C25H18Br2N2O4. The van der Waals surface area contributed by atoms with E-state index in [4.69, 9.17) is 9.84 Å². The molecule has 0 aromatic heterocycles. The first-order valence-electron chi connectivity index (χ1n) is 9.70. The van der Waals surface area contributed by atoms with Gasteiger partial charge in [-0.3, -0.25) is 4.79 Å². The standard InChI is InChI=1S/C25H18Br2N2O4/c1-15-5-7-16(8-6-15)14-33-23-21(26)10-17(11-22(23)27)9-19(13-28)24(30)29-20-4-2-3-18(12-20)25(31)32/h2-12H,14H2,1H3,(H,29,30)(H,31,32)/b19-9-. The Labute approximate surface area is 207 Å². The van der Waals surface area contributed by atoms with Gasteiger partial charge in [-0.2, -0.15) is 5.26 Å². The zero-order chi connectivity index (χ0) is 24.0. The molecule has 0 saturated carbocycles. The molecule has 3 aromatic rings. The Hall–Kier alpha value is -3.41. The molecule has 0 aliphatic heterocycles. The van der Waals surface area contributed by atoms with E-state index >= 15 is 0 Å². The SMILES string of the molecule is Cc1ccc(COc2c(Br)cc(/C=C(/C#N)C(=O)Nc3cccc(C(=O)O)c3)cc2Br)cc1. The van der Waals surface area contributed by atoms with Crippen molar-refractivity contribution >= 4 is 55.5 Å². The summed E-state index contributed by atoms with van der Waals surface area (Å²) in [7, 11) is 0. The van der Waals surface area contributed by atoms with Gasteiger partial charge in [-0.25, -0.2) is 4.79 Å². The molecule has 166 valence electrons. The number of nitrogens with zero attached hydrogens (tertiary/aromatic N) is 1. The van der Waals surface area contributed by atoms with Gasteiger partial charge in [-0.05, 0) is 86.3 Å². The van der Waals surface area contributed by atoms with E-state index < -0.39 is 11.9 Å². The molecule has 2 N–H and O–H groups in total. The molecule has 33 heavy (non-hydrogen) atoms. The molecule has 3 rings (SSSR count). The van der Waals surface area contributed by atoms with Crippen LogP contribution in [0.1, 0.15) is 27.0 Å². The number of anilines is 1. The van der Waals surface area contributed by atoms with Crippen LogP contribution < -0.4 is 10.1 Å². The van der Waals surface area contributed by atoms with Crippen LogP contribution in [-0.4, -0.2) is 17.0 Å². The summed E-state index contributed by atoms with van der Waals surface area (Å²) in [6.07, 6.45) is 1.44. The molecule has 0 spiro atoms. The van der Waals surface area contributed by atoms with Crippen molar-refractivity contribution in [3.8, 4) is 11.8 Å². The van der Waals surface area contributed by atoms with Crippen molar-refractivity contribution in [2.75, 3.05) is 5.32 Å². The predicted octanol–water partition coefficient (Wildman–Crippen LogP) is 6.34. The van der Waals surface area contributed by atoms with E-state index in [0.717, 1.165) is 5.56 Å². The lowest BCUT2D eigenvalue weighted by Gasteiger charge is -2.12. The highest BCUT2D eigenvalue weighted by Crippen LogP contribution is 2.36. The Morgan fingerprint density at radius 3 is 2.36 bits per heavy atom. The summed E-state index contributed by atoms with van der Waals surface area (Å²) < 4.78 is 7.24. The summed E-state index contributed by atoms with van der Waals surface area (Å²) in [5, 5.41) is 21.1. The summed E-state index contributed by atoms with van der Waals surface area (Å²) in [6.45, 7) is 2.40. The molecule has 0 atom stereocenters. The molecule has 8 heteroatoms. The van der Waals surface area contributed by atoms with Crippen molar-refractivity contribution in [1.29, 1.82) is 5.26 Å². The van der Waals surface area contributed by atoms with E-state index in [-0.39, 0.29) is 16.8 Å². The Morgan fingerprint density at radius 2 is 1.76 bits per heavy atom. The van der Waals surface area contributed by atoms with Crippen LogP contribution >= 0.6 is 31.9 Å². The number of nitriles is 1. The van der Waals surface area contributed by atoms with Gasteiger partial charge in [0.1, 0.15) is 24.0 Å². The number of halogens is 2. The summed E-state index contributed by atoms with van der Waals surface area (Å²) in [4.78, 5) is 23.7. The number of nitrogens with one attached hydrogen (secondary N) is 1. The molecule has 0 saturated heterocycles.